The first-order valence-electron chi connectivity index (χ1n) is 15.2. The van der Waals surface area contributed by atoms with E-state index in [2.05, 4.69) is 16.1 Å². The zero-order valence-corrected chi connectivity index (χ0v) is 26.0. The van der Waals surface area contributed by atoms with Gasteiger partial charge in [0, 0.05) is 37.9 Å². The Morgan fingerprint density at radius 1 is 0.889 bits per heavy atom. The highest BCUT2D eigenvalue weighted by Crippen LogP contribution is 2.35. The van der Waals surface area contributed by atoms with Crippen LogP contribution in [-0.4, -0.2) is 47.6 Å². The van der Waals surface area contributed by atoms with Gasteiger partial charge in [0.05, 0.1) is 24.9 Å². The zero-order chi connectivity index (χ0) is 31.4. The number of hydrogen-bond donors (Lipinski definition) is 2. The van der Waals surface area contributed by atoms with Gasteiger partial charge in [0.15, 0.2) is 0 Å². The molecule has 2 aliphatic rings. The van der Waals surface area contributed by atoms with E-state index in [-0.39, 0.29) is 29.1 Å². The lowest BCUT2D eigenvalue weighted by Gasteiger charge is -2.38. The zero-order valence-electron chi connectivity index (χ0n) is 25.2. The number of rotatable bonds is 9. The number of methoxy groups -OCH3 is 1. The molecule has 1 heterocycles. The number of carbonyl (C=O) groups excluding carboxylic acids is 1. The van der Waals surface area contributed by atoms with Gasteiger partial charge in [0.2, 0.25) is 15.9 Å². The topological polar surface area (TPSA) is 91.0 Å². The second kappa shape index (κ2) is 13.3. The molecule has 1 atom stereocenters. The van der Waals surface area contributed by atoms with Crippen molar-refractivity contribution in [2.45, 2.75) is 36.6 Å². The largest absolute Gasteiger partial charge is 0.497 e. The molecule has 6 rings (SSSR count). The molecule has 8 nitrogen and oxygen atoms in total. The standard InChI is InChI=1S/C35H37FN4O4S/c1-44-28-16-13-25(14-17-28)23-35(41)37-27-15-18-33(40-21-19-39(20-22-40)32-12-5-4-10-30(32)36)34(24-27)45(42,43)38-31-11-6-8-26-7-2-3-9-29(26)31/h2-5,7,9-10,12-18,24,31,38H,6,8,11,19-23H2,1H3,(H,37,41). The van der Waals surface area contributed by atoms with Crippen molar-refractivity contribution >= 4 is 33.0 Å². The second-order valence-corrected chi connectivity index (χ2v) is 13.1. The number of piperazine rings is 1. The number of fused-ring (bicyclic) bond motifs is 1. The highest BCUT2D eigenvalue weighted by atomic mass is 32.2. The van der Waals surface area contributed by atoms with Crippen LogP contribution in [0.4, 0.5) is 21.5 Å². The number of benzene rings is 4. The maximum Gasteiger partial charge on any atom is 0.243 e. The summed E-state index contributed by atoms with van der Waals surface area (Å²) in [6.07, 6.45) is 2.63. The molecule has 2 N–H and O–H groups in total. The molecule has 1 amide bonds. The van der Waals surface area contributed by atoms with Gasteiger partial charge in [-0.25, -0.2) is 17.5 Å². The summed E-state index contributed by atoms with van der Waals surface area (Å²) < 4.78 is 51.0. The Labute approximate surface area is 263 Å². The van der Waals surface area contributed by atoms with Gasteiger partial charge in [0.25, 0.3) is 0 Å². The van der Waals surface area contributed by atoms with Crippen LogP contribution in [0.5, 0.6) is 5.75 Å². The molecule has 234 valence electrons. The first-order chi connectivity index (χ1) is 21.8. The number of sulfonamides is 1. The molecule has 1 aliphatic carbocycles. The van der Waals surface area contributed by atoms with Crippen LogP contribution in [0.15, 0.2) is 95.9 Å². The number of carbonyl (C=O) groups is 1. The van der Waals surface area contributed by atoms with Gasteiger partial charge in [-0.3, -0.25) is 4.79 Å². The Balaban J connectivity index is 1.26. The molecule has 0 spiro atoms. The van der Waals surface area contributed by atoms with Crippen molar-refractivity contribution in [3.05, 3.63) is 114 Å². The van der Waals surface area contributed by atoms with E-state index in [1.165, 1.54) is 6.07 Å². The van der Waals surface area contributed by atoms with Crippen molar-refractivity contribution in [1.29, 1.82) is 0 Å². The molecule has 4 aromatic carbocycles. The number of nitrogens with zero attached hydrogens (tertiary/aromatic N) is 2. The quantitative estimate of drug-likeness (QED) is 0.247. The molecular weight excluding hydrogens is 591 g/mol. The summed E-state index contributed by atoms with van der Waals surface area (Å²) in [5.41, 5.74) is 4.44. The van der Waals surface area contributed by atoms with Gasteiger partial charge < -0.3 is 19.9 Å². The van der Waals surface area contributed by atoms with Crippen LogP contribution in [-0.2, 0) is 27.7 Å². The van der Waals surface area contributed by atoms with Gasteiger partial charge in [-0.05, 0) is 78.4 Å². The minimum Gasteiger partial charge on any atom is -0.497 e. The number of ether oxygens (including phenoxy) is 1. The number of nitrogens with one attached hydrogen (secondary N) is 2. The molecule has 0 aromatic heterocycles. The van der Waals surface area contributed by atoms with E-state index in [9.17, 15) is 17.6 Å². The highest BCUT2D eigenvalue weighted by Gasteiger charge is 2.30. The summed E-state index contributed by atoms with van der Waals surface area (Å²) >= 11 is 0. The van der Waals surface area contributed by atoms with Crippen molar-refractivity contribution in [3.8, 4) is 5.75 Å². The van der Waals surface area contributed by atoms with E-state index < -0.39 is 10.0 Å². The molecular formula is C35H37FN4O4S. The number of para-hydroxylation sites is 1. The van der Waals surface area contributed by atoms with Crippen LogP contribution in [0.3, 0.4) is 0 Å². The summed E-state index contributed by atoms with van der Waals surface area (Å²) in [5, 5.41) is 2.88. The molecule has 1 saturated heterocycles. The van der Waals surface area contributed by atoms with Gasteiger partial charge in [-0.15, -0.1) is 0 Å². The first-order valence-corrected chi connectivity index (χ1v) is 16.7. The summed E-state index contributed by atoms with van der Waals surface area (Å²) in [5.74, 6) is 0.164. The fourth-order valence-electron chi connectivity index (χ4n) is 6.23. The predicted octanol–water partition coefficient (Wildman–Crippen LogP) is 5.70. The predicted molar refractivity (Wildman–Crippen MR) is 175 cm³/mol. The van der Waals surface area contributed by atoms with Gasteiger partial charge >= 0.3 is 0 Å². The van der Waals surface area contributed by atoms with E-state index >= 15 is 0 Å². The Morgan fingerprint density at radius 3 is 2.31 bits per heavy atom. The van der Waals surface area contributed by atoms with E-state index in [4.69, 9.17) is 4.74 Å². The van der Waals surface area contributed by atoms with E-state index in [1.807, 2.05) is 46.2 Å². The monoisotopic (exact) mass is 628 g/mol. The Kier molecular flexibility index (Phi) is 9.04. The lowest BCUT2D eigenvalue weighted by Crippen LogP contribution is -2.47. The van der Waals surface area contributed by atoms with Crippen molar-refractivity contribution < 1.29 is 22.3 Å². The average molecular weight is 629 g/mol. The number of hydrogen-bond acceptors (Lipinski definition) is 6. The molecule has 10 heteroatoms. The second-order valence-electron chi connectivity index (χ2n) is 11.4. The van der Waals surface area contributed by atoms with Crippen LogP contribution in [0.2, 0.25) is 0 Å². The Morgan fingerprint density at radius 2 is 1.58 bits per heavy atom. The number of amides is 1. The summed E-state index contributed by atoms with van der Waals surface area (Å²) in [7, 11) is -2.43. The van der Waals surface area contributed by atoms with Crippen LogP contribution in [0, 0.1) is 5.82 Å². The molecule has 1 fully saturated rings. The normalized spacial score (nSPS) is 16.6. The summed E-state index contributed by atoms with van der Waals surface area (Å²) in [6.45, 7) is 2.08. The van der Waals surface area contributed by atoms with Crippen LogP contribution < -0.4 is 24.6 Å². The van der Waals surface area contributed by atoms with Crippen molar-refractivity contribution in [2.75, 3.05) is 48.4 Å². The SMILES string of the molecule is COc1ccc(CC(=O)Nc2ccc(N3CCN(c4ccccc4F)CC3)c(S(=O)(=O)NC3CCCc4ccccc43)c2)cc1. The van der Waals surface area contributed by atoms with Crippen LogP contribution in [0.25, 0.3) is 0 Å². The molecule has 0 saturated carbocycles. The number of halogens is 1. The van der Waals surface area contributed by atoms with Gasteiger partial charge in [-0.1, -0.05) is 48.5 Å². The highest BCUT2D eigenvalue weighted by molar-refractivity contribution is 7.89. The smallest absolute Gasteiger partial charge is 0.243 e. The lowest BCUT2D eigenvalue weighted by atomic mass is 9.88. The summed E-state index contributed by atoms with van der Waals surface area (Å²) in [4.78, 5) is 17.1. The third-order valence-corrected chi connectivity index (χ3v) is 10.0. The van der Waals surface area contributed by atoms with E-state index in [1.54, 1.807) is 49.6 Å². The molecule has 0 bridgehead atoms. The average Bonchev–Trinajstić information content (AvgIpc) is 3.05. The number of aryl methyl sites for hydroxylation is 1. The molecule has 1 unspecified atom stereocenters. The molecule has 1 aliphatic heterocycles. The van der Waals surface area contributed by atoms with Crippen molar-refractivity contribution in [1.82, 2.24) is 4.72 Å². The van der Waals surface area contributed by atoms with E-state index in [0.717, 1.165) is 29.5 Å². The van der Waals surface area contributed by atoms with Crippen molar-refractivity contribution in [3.63, 3.8) is 0 Å². The van der Waals surface area contributed by atoms with Crippen molar-refractivity contribution in [2.24, 2.45) is 0 Å². The van der Waals surface area contributed by atoms with Crippen LogP contribution >= 0.6 is 0 Å². The summed E-state index contributed by atoms with van der Waals surface area (Å²) in [6, 6.07) is 26.6. The maximum absolute atomic E-state index is 14.5. The van der Waals surface area contributed by atoms with Gasteiger partial charge in [0.1, 0.15) is 16.5 Å². The molecule has 45 heavy (non-hydrogen) atoms. The number of anilines is 3. The Hall–Kier alpha value is -4.41. The van der Waals surface area contributed by atoms with Crippen LogP contribution in [0.1, 0.15) is 35.6 Å². The minimum atomic E-state index is -4.01. The fraction of sp³-hybridized carbons (Fsp3) is 0.286. The molecule has 4 aromatic rings. The first kappa shape index (κ1) is 30.6. The van der Waals surface area contributed by atoms with Gasteiger partial charge in [-0.2, -0.15) is 0 Å². The van der Waals surface area contributed by atoms with E-state index in [0.29, 0.717) is 55.4 Å². The maximum atomic E-state index is 14.5. The fourth-order valence-corrected chi connectivity index (χ4v) is 7.73. The lowest BCUT2D eigenvalue weighted by molar-refractivity contribution is -0.115. The third-order valence-electron chi connectivity index (χ3n) is 8.54. The Bertz CT molecular complexity index is 1770. The third kappa shape index (κ3) is 6.97. The minimum absolute atomic E-state index is 0.104. The molecule has 0 radical (unpaired) electrons.